The molecule has 3 aromatic carbocycles. The molecule has 0 amide bonds. The summed E-state index contributed by atoms with van der Waals surface area (Å²) in [6.45, 7) is -1.53. The van der Waals surface area contributed by atoms with Crippen molar-refractivity contribution >= 4 is 23.0 Å². The third-order valence-electron chi connectivity index (χ3n) is 9.78. The van der Waals surface area contributed by atoms with Gasteiger partial charge in [-0.05, 0) is 48.0 Å². The summed E-state index contributed by atoms with van der Waals surface area (Å²) in [6, 6.07) is 11.0. The number of carbonyl (C=O) groups is 1. The number of ether oxygens (including phenoxy) is 7. The zero-order valence-electron chi connectivity index (χ0n) is 31.1. The molecule has 312 valence electrons. The lowest BCUT2D eigenvalue weighted by Crippen LogP contribution is -2.63. The summed E-state index contributed by atoms with van der Waals surface area (Å²) in [5.74, 6) is -1.91. The van der Waals surface area contributed by atoms with Gasteiger partial charge in [-0.25, -0.2) is 4.79 Å². The fraction of sp³-hybridized carbons (Fsp3) is 0.385. The smallest absolute Gasteiger partial charge is 0.330 e. The molecule has 3 heterocycles. The van der Waals surface area contributed by atoms with Crippen molar-refractivity contribution in [2.24, 2.45) is 0 Å². The van der Waals surface area contributed by atoms with E-state index in [1.165, 1.54) is 69.9 Å². The minimum Gasteiger partial charge on any atom is -0.508 e. The molecule has 2 fully saturated rings. The maximum Gasteiger partial charge on any atom is 0.330 e. The van der Waals surface area contributed by atoms with Crippen molar-refractivity contribution in [1.29, 1.82) is 0 Å². The molecule has 9 N–H and O–H groups in total. The second kappa shape index (κ2) is 17.6. The molecular weight excluding hydrogens is 772 g/mol. The summed E-state index contributed by atoms with van der Waals surface area (Å²) in [7, 11) is 3.86. The van der Waals surface area contributed by atoms with Crippen LogP contribution < -0.4 is 19.6 Å². The zero-order chi connectivity index (χ0) is 42.0. The average molecular weight is 815 g/mol. The molecule has 2 aliphatic heterocycles. The van der Waals surface area contributed by atoms with E-state index in [4.69, 9.17) is 37.6 Å². The summed E-state index contributed by atoms with van der Waals surface area (Å²) in [5.41, 5.74) is -0.367. The van der Waals surface area contributed by atoms with Gasteiger partial charge in [-0.3, -0.25) is 4.79 Å². The molecule has 6 rings (SSSR count). The van der Waals surface area contributed by atoms with E-state index in [9.17, 15) is 55.5 Å². The van der Waals surface area contributed by atoms with Crippen molar-refractivity contribution in [2.75, 3.05) is 34.5 Å². The topological polar surface area (TPSA) is 294 Å². The van der Waals surface area contributed by atoms with Gasteiger partial charge >= 0.3 is 5.97 Å². The SMILES string of the molecule is COc1cc(/C=C/C(=O)OC[C@H]2O[C@@H](OC3[C@@H](O)[C@H](O)C(CO)O[C@H]3c3c(OC)cc4oc(-c5ccc(O)cc5)cc(=O)c4c3O)C(O)C(O)[C@@H]2O)cc(OC)c1O. The van der Waals surface area contributed by atoms with Crippen LogP contribution in [-0.4, -0.2) is 142 Å². The fourth-order valence-electron chi connectivity index (χ4n) is 6.69. The number of rotatable bonds is 12. The van der Waals surface area contributed by atoms with E-state index in [-0.39, 0.29) is 51.0 Å². The molecule has 1 aromatic heterocycles. The second-order valence-corrected chi connectivity index (χ2v) is 13.3. The van der Waals surface area contributed by atoms with E-state index in [1.807, 2.05) is 0 Å². The summed E-state index contributed by atoms with van der Waals surface area (Å²) >= 11 is 0. The van der Waals surface area contributed by atoms with E-state index < -0.39 is 91.6 Å². The standard InChI is InChI=1S/C39H42O19/c1-51-21-13-22-28(19(42)12-20(55-22)17-5-7-18(41)8-6-17)33(47)29(21)37-38(35(49)31(45)25(14-40)56-37)58-39-36(50)34(48)32(46)26(57-39)15-54-27(43)9-4-16-10-23(52-2)30(44)24(11-16)53-3/h4-13,25-26,31-32,34-41,44-50H,14-15H2,1-3H3/b9-4+/t25?,26-,31-,32-,34?,35+,36?,37+,38?,39+/m1/s1. The van der Waals surface area contributed by atoms with Crippen LogP contribution in [0.2, 0.25) is 0 Å². The quantitative estimate of drug-likeness (QED) is 0.0682. The highest BCUT2D eigenvalue weighted by molar-refractivity contribution is 5.89. The lowest BCUT2D eigenvalue weighted by molar-refractivity contribution is -0.342. The molecule has 2 saturated heterocycles. The second-order valence-electron chi connectivity index (χ2n) is 13.3. The normalized spacial score (nSPS) is 27.4. The van der Waals surface area contributed by atoms with Gasteiger partial charge in [-0.1, -0.05) is 0 Å². The van der Waals surface area contributed by atoms with Gasteiger partial charge < -0.3 is 83.5 Å². The molecule has 4 unspecified atom stereocenters. The number of hydrogen-bond acceptors (Lipinski definition) is 19. The largest absolute Gasteiger partial charge is 0.508 e. The minimum atomic E-state index is -2.01. The van der Waals surface area contributed by atoms with Crippen molar-refractivity contribution in [3.8, 4) is 45.8 Å². The minimum absolute atomic E-state index is 0.0242. The van der Waals surface area contributed by atoms with Crippen LogP contribution >= 0.6 is 0 Å². The fourth-order valence-corrected chi connectivity index (χ4v) is 6.69. The van der Waals surface area contributed by atoms with E-state index in [0.717, 1.165) is 12.1 Å². The van der Waals surface area contributed by atoms with Gasteiger partial charge in [0.15, 0.2) is 23.2 Å². The number of aliphatic hydroxyl groups is 6. The molecule has 19 nitrogen and oxygen atoms in total. The lowest BCUT2D eigenvalue weighted by Gasteiger charge is -2.46. The Labute approximate surface area is 328 Å². The van der Waals surface area contributed by atoms with Gasteiger partial charge in [0.1, 0.15) is 95.5 Å². The van der Waals surface area contributed by atoms with Crippen molar-refractivity contribution in [3.63, 3.8) is 0 Å². The van der Waals surface area contributed by atoms with E-state index in [1.54, 1.807) is 0 Å². The van der Waals surface area contributed by atoms with Crippen LogP contribution in [0.3, 0.4) is 0 Å². The van der Waals surface area contributed by atoms with Gasteiger partial charge in [0.05, 0.1) is 33.5 Å². The molecule has 58 heavy (non-hydrogen) atoms. The molecule has 19 heteroatoms. The Morgan fingerprint density at radius 3 is 2.02 bits per heavy atom. The Balaban J connectivity index is 1.27. The zero-order valence-corrected chi connectivity index (χ0v) is 31.1. The first kappa shape index (κ1) is 42.1. The molecule has 0 bridgehead atoms. The van der Waals surface area contributed by atoms with Crippen molar-refractivity contribution < 1.29 is 88.3 Å². The van der Waals surface area contributed by atoms with Gasteiger partial charge in [0.2, 0.25) is 5.75 Å². The van der Waals surface area contributed by atoms with Crippen molar-refractivity contribution in [3.05, 3.63) is 76.0 Å². The van der Waals surface area contributed by atoms with Crippen LogP contribution in [0.1, 0.15) is 17.2 Å². The average Bonchev–Trinajstić information content (AvgIpc) is 3.21. The highest BCUT2D eigenvalue weighted by Gasteiger charge is 2.52. The van der Waals surface area contributed by atoms with E-state index in [2.05, 4.69) is 0 Å². The Bertz CT molecular complexity index is 2160. The lowest BCUT2D eigenvalue weighted by atomic mass is 9.89. The Morgan fingerprint density at radius 2 is 1.40 bits per heavy atom. The molecule has 0 radical (unpaired) electrons. The van der Waals surface area contributed by atoms with Crippen LogP contribution in [0, 0.1) is 0 Å². The maximum absolute atomic E-state index is 13.5. The number of benzene rings is 3. The Kier molecular flexibility index (Phi) is 12.8. The number of carbonyl (C=O) groups excluding carboxylic acids is 1. The predicted molar refractivity (Wildman–Crippen MR) is 197 cm³/mol. The van der Waals surface area contributed by atoms with Crippen LogP contribution in [-0.2, 0) is 23.7 Å². The van der Waals surface area contributed by atoms with Gasteiger partial charge in [0.25, 0.3) is 0 Å². The van der Waals surface area contributed by atoms with Gasteiger partial charge in [0, 0.05) is 23.8 Å². The van der Waals surface area contributed by atoms with E-state index in [0.29, 0.717) is 11.1 Å². The molecule has 0 aliphatic carbocycles. The molecule has 4 aromatic rings. The number of aromatic hydroxyl groups is 3. The molecule has 10 atom stereocenters. The maximum atomic E-state index is 13.5. The van der Waals surface area contributed by atoms with Gasteiger partial charge in [-0.2, -0.15) is 0 Å². The highest BCUT2D eigenvalue weighted by Crippen LogP contribution is 2.47. The number of hydrogen-bond donors (Lipinski definition) is 9. The molecular formula is C39H42O19. The summed E-state index contributed by atoms with van der Waals surface area (Å²) in [5, 5.41) is 95.8. The summed E-state index contributed by atoms with van der Waals surface area (Å²) in [6.07, 6.45) is -15.7. The monoisotopic (exact) mass is 814 g/mol. The van der Waals surface area contributed by atoms with Crippen molar-refractivity contribution in [1.82, 2.24) is 0 Å². The first-order valence-corrected chi connectivity index (χ1v) is 17.7. The van der Waals surface area contributed by atoms with Gasteiger partial charge in [-0.15, -0.1) is 0 Å². The Hall–Kier alpha value is -5.48. The number of phenolic OH excluding ortho intramolecular Hbond substituents is 3. The third kappa shape index (κ3) is 8.25. The summed E-state index contributed by atoms with van der Waals surface area (Å²) < 4.78 is 44.5. The van der Waals surface area contributed by atoms with Crippen LogP contribution in [0.25, 0.3) is 28.4 Å². The van der Waals surface area contributed by atoms with Crippen LogP contribution in [0.5, 0.6) is 34.5 Å². The number of phenols is 3. The third-order valence-corrected chi connectivity index (χ3v) is 9.78. The van der Waals surface area contributed by atoms with Crippen LogP contribution in [0.4, 0.5) is 0 Å². The molecule has 2 aliphatic rings. The first-order valence-electron chi connectivity index (χ1n) is 17.7. The number of aliphatic hydroxyl groups excluding tert-OH is 6. The first-order chi connectivity index (χ1) is 27.7. The number of fused-ring (bicyclic) bond motifs is 1. The van der Waals surface area contributed by atoms with E-state index >= 15 is 0 Å². The predicted octanol–water partition coefficient (Wildman–Crippen LogP) is 0.206. The Morgan fingerprint density at radius 1 is 0.759 bits per heavy atom. The molecule has 0 saturated carbocycles. The number of esters is 1. The van der Waals surface area contributed by atoms with Crippen molar-refractivity contribution in [2.45, 2.75) is 61.2 Å². The summed E-state index contributed by atoms with van der Waals surface area (Å²) in [4.78, 5) is 26.2. The van der Waals surface area contributed by atoms with Crippen LogP contribution in [0.15, 0.2) is 63.8 Å². The molecule has 0 spiro atoms. The number of methoxy groups -OCH3 is 3. The highest BCUT2D eigenvalue weighted by atomic mass is 16.7.